The zero-order chi connectivity index (χ0) is 16.2. The van der Waals surface area contributed by atoms with E-state index in [1.807, 2.05) is 47.9 Å². The molecular formula is C17H15ClN4S. The number of pyridine rings is 1. The van der Waals surface area contributed by atoms with Gasteiger partial charge in [0, 0.05) is 28.7 Å². The Labute approximate surface area is 144 Å². The zero-order valence-corrected chi connectivity index (χ0v) is 14.2. The molecule has 0 saturated carbocycles. The van der Waals surface area contributed by atoms with Gasteiger partial charge in [-0.2, -0.15) is 0 Å². The largest absolute Gasteiger partial charge is 0.270 e. The molecule has 0 aliphatic carbocycles. The fraction of sp³-hybridized carbons (Fsp3) is 0.118. The summed E-state index contributed by atoms with van der Waals surface area (Å²) in [4.78, 5) is 4.18. The molecule has 0 aliphatic heterocycles. The minimum atomic E-state index is 0.677. The van der Waals surface area contributed by atoms with Crippen molar-refractivity contribution in [3.8, 4) is 17.1 Å². The van der Waals surface area contributed by atoms with Gasteiger partial charge in [0.05, 0.1) is 5.69 Å². The van der Waals surface area contributed by atoms with E-state index in [-0.39, 0.29) is 0 Å². The van der Waals surface area contributed by atoms with Gasteiger partial charge in [0.25, 0.3) is 0 Å². The van der Waals surface area contributed by atoms with Crippen LogP contribution in [0.1, 0.15) is 5.56 Å². The van der Waals surface area contributed by atoms with Gasteiger partial charge in [-0.1, -0.05) is 35.5 Å². The quantitative estimate of drug-likeness (QED) is 0.503. The lowest BCUT2D eigenvalue weighted by molar-refractivity contribution is 0.882. The fourth-order valence-electron chi connectivity index (χ4n) is 2.22. The summed E-state index contributed by atoms with van der Waals surface area (Å²) < 4.78 is 2.02. The molecule has 23 heavy (non-hydrogen) atoms. The second-order valence-electron chi connectivity index (χ2n) is 4.91. The summed E-state index contributed by atoms with van der Waals surface area (Å²) in [5.74, 6) is 1.50. The second-order valence-corrected chi connectivity index (χ2v) is 6.34. The Morgan fingerprint density at radius 2 is 2.17 bits per heavy atom. The monoisotopic (exact) mass is 342 g/mol. The number of hydrogen-bond acceptors (Lipinski definition) is 4. The third kappa shape index (κ3) is 3.30. The van der Waals surface area contributed by atoms with Crippen LogP contribution in [-0.2, 0) is 0 Å². The van der Waals surface area contributed by atoms with Crippen LogP contribution in [0.2, 0.25) is 5.02 Å². The van der Waals surface area contributed by atoms with Crippen molar-refractivity contribution in [2.75, 3.05) is 5.75 Å². The number of aromatic nitrogens is 4. The van der Waals surface area contributed by atoms with E-state index in [0.717, 1.165) is 33.5 Å². The number of hydrogen-bond donors (Lipinski definition) is 0. The van der Waals surface area contributed by atoms with Crippen molar-refractivity contribution in [2.24, 2.45) is 0 Å². The molecule has 0 bridgehead atoms. The van der Waals surface area contributed by atoms with E-state index < -0.39 is 0 Å². The molecule has 2 aromatic heterocycles. The molecule has 116 valence electrons. The highest BCUT2D eigenvalue weighted by atomic mass is 35.5. The van der Waals surface area contributed by atoms with Gasteiger partial charge in [-0.25, -0.2) is 0 Å². The van der Waals surface area contributed by atoms with Crippen LogP contribution in [0.4, 0.5) is 0 Å². The summed E-state index contributed by atoms with van der Waals surface area (Å²) in [5.41, 5.74) is 2.97. The summed E-state index contributed by atoms with van der Waals surface area (Å²) in [6.07, 6.45) is 5.36. The summed E-state index contributed by atoms with van der Waals surface area (Å²) in [6, 6.07) is 9.65. The van der Waals surface area contributed by atoms with Crippen molar-refractivity contribution in [3.05, 3.63) is 66.0 Å². The van der Waals surface area contributed by atoms with Crippen molar-refractivity contribution < 1.29 is 0 Å². The fourth-order valence-corrected chi connectivity index (χ4v) is 3.07. The van der Waals surface area contributed by atoms with E-state index in [9.17, 15) is 0 Å². The molecule has 0 spiro atoms. The Morgan fingerprint density at radius 3 is 2.91 bits per heavy atom. The highest BCUT2D eigenvalue weighted by Gasteiger charge is 2.17. The molecule has 0 atom stereocenters. The van der Waals surface area contributed by atoms with Crippen LogP contribution in [0.5, 0.6) is 0 Å². The Kier molecular flexibility index (Phi) is 4.79. The number of rotatable bonds is 5. The molecule has 3 aromatic rings. The molecule has 1 aromatic carbocycles. The van der Waals surface area contributed by atoms with E-state index in [4.69, 9.17) is 11.6 Å². The Hall–Kier alpha value is -2.11. The van der Waals surface area contributed by atoms with Gasteiger partial charge in [0.2, 0.25) is 0 Å². The van der Waals surface area contributed by atoms with Gasteiger partial charge >= 0.3 is 0 Å². The first-order valence-corrected chi connectivity index (χ1v) is 8.43. The number of halogens is 1. The summed E-state index contributed by atoms with van der Waals surface area (Å²) in [5, 5.41) is 10.2. The van der Waals surface area contributed by atoms with E-state index >= 15 is 0 Å². The highest BCUT2D eigenvalue weighted by molar-refractivity contribution is 7.99. The third-order valence-electron chi connectivity index (χ3n) is 3.30. The SMILES string of the molecule is C=CCSc1nnc(-c2cccnc2)n1-c1cc(Cl)ccc1C. The molecule has 3 rings (SSSR count). The average Bonchev–Trinajstić information content (AvgIpc) is 2.99. The van der Waals surface area contributed by atoms with Crippen LogP contribution in [0.3, 0.4) is 0 Å². The lowest BCUT2D eigenvalue weighted by Crippen LogP contribution is -2.02. The Morgan fingerprint density at radius 1 is 1.30 bits per heavy atom. The lowest BCUT2D eigenvalue weighted by Gasteiger charge is -2.13. The summed E-state index contributed by atoms with van der Waals surface area (Å²) >= 11 is 7.78. The van der Waals surface area contributed by atoms with Gasteiger partial charge in [-0.15, -0.1) is 16.8 Å². The predicted octanol–water partition coefficient (Wildman–Crippen LogP) is 4.57. The average molecular weight is 343 g/mol. The molecule has 6 heteroatoms. The molecular weight excluding hydrogens is 328 g/mol. The van der Waals surface area contributed by atoms with Gasteiger partial charge in [0.1, 0.15) is 0 Å². The van der Waals surface area contributed by atoms with Gasteiger partial charge in [-0.3, -0.25) is 9.55 Å². The Balaban J connectivity index is 2.21. The predicted molar refractivity (Wildman–Crippen MR) is 95.3 cm³/mol. The maximum Gasteiger partial charge on any atom is 0.196 e. The van der Waals surface area contributed by atoms with Crippen LogP contribution in [0, 0.1) is 6.92 Å². The second kappa shape index (κ2) is 6.98. The lowest BCUT2D eigenvalue weighted by atomic mass is 10.2. The Bertz CT molecular complexity index is 830. The number of thioether (sulfide) groups is 1. The van der Waals surface area contributed by atoms with Gasteiger partial charge in [-0.05, 0) is 36.8 Å². The topological polar surface area (TPSA) is 43.6 Å². The van der Waals surface area contributed by atoms with Crippen molar-refractivity contribution >= 4 is 23.4 Å². The molecule has 4 nitrogen and oxygen atoms in total. The highest BCUT2D eigenvalue weighted by Crippen LogP contribution is 2.30. The maximum atomic E-state index is 6.20. The maximum absolute atomic E-state index is 6.20. The molecule has 0 saturated heterocycles. The number of nitrogens with zero attached hydrogens (tertiary/aromatic N) is 4. The van der Waals surface area contributed by atoms with Gasteiger partial charge < -0.3 is 0 Å². The molecule has 0 radical (unpaired) electrons. The normalized spacial score (nSPS) is 10.7. The van der Waals surface area contributed by atoms with Crippen molar-refractivity contribution in [3.63, 3.8) is 0 Å². The van der Waals surface area contributed by atoms with Crippen molar-refractivity contribution in [2.45, 2.75) is 12.1 Å². The molecule has 0 fully saturated rings. The van der Waals surface area contributed by atoms with Crippen molar-refractivity contribution in [1.29, 1.82) is 0 Å². The molecule has 0 aliphatic rings. The van der Waals surface area contributed by atoms with E-state index in [1.165, 1.54) is 0 Å². The first-order chi connectivity index (χ1) is 11.2. The first-order valence-electron chi connectivity index (χ1n) is 7.06. The van der Waals surface area contributed by atoms with Crippen LogP contribution in [0.25, 0.3) is 17.1 Å². The first kappa shape index (κ1) is 15.8. The minimum Gasteiger partial charge on any atom is -0.270 e. The third-order valence-corrected chi connectivity index (χ3v) is 4.46. The number of aryl methyl sites for hydroxylation is 1. The smallest absolute Gasteiger partial charge is 0.196 e. The van der Waals surface area contributed by atoms with Crippen LogP contribution in [0.15, 0.2) is 60.5 Å². The van der Waals surface area contributed by atoms with Crippen LogP contribution < -0.4 is 0 Å². The van der Waals surface area contributed by atoms with Crippen molar-refractivity contribution in [1.82, 2.24) is 19.7 Å². The molecule has 0 N–H and O–H groups in total. The van der Waals surface area contributed by atoms with Crippen LogP contribution in [-0.4, -0.2) is 25.5 Å². The van der Waals surface area contributed by atoms with E-state index in [1.54, 1.807) is 24.2 Å². The standard InChI is InChI=1S/C17H15ClN4S/c1-3-9-23-17-21-20-16(13-5-4-8-19-11-13)22(17)15-10-14(18)7-6-12(15)2/h3-8,10-11H,1,9H2,2H3. The molecule has 0 amide bonds. The summed E-state index contributed by atoms with van der Waals surface area (Å²) in [6.45, 7) is 5.81. The van der Waals surface area contributed by atoms with Crippen LogP contribution >= 0.6 is 23.4 Å². The number of benzene rings is 1. The van der Waals surface area contributed by atoms with Gasteiger partial charge in [0.15, 0.2) is 11.0 Å². The molecule has 0 unspecified atom stereocenters. The van der Waals surface area contributed by atoms with E-state index in [2.05, 4.69) is 21.8 Å². The summed E-state index contributed by atoms with van der Waals surface area (Å²) in [7, 11) is 0. The van der Waals surface area contributed by atoms with E-state index in [0.29, 0.717) is 5.02 Å². The molecule has 2 heterocycles. The minimum absolute atomic E-state index is 0.677. The zero-order valence-electron chi connectivity index (χ0n) is 12.6.